The molecule has 2 nitrogen and oxygen atoms in total. The van der Waals surface area contributed by atoms with Gasteiger partial charge < -0.3 is 9.42 Å². The Bertz CT molecular complexity index is 200. The molecule has 0 fully saturated rings. The van der Waals surface area contributed by atoms with Gasteiger partial charge in [0.05, 0.1) is 6.61 Å². The average Bonchev–Trinajstić information content (AvgIpc) is 2.51. The summed E-state index contributed by atoms with van der Waals surface area (Å²) in [6, 6.07) is 0. The molecule has 1 N–H and O–H groups in total. The van der Waals surface area contributed by atoms with Crippen LogP contribution in [0.5, 0.6) is 0 Å². The van der Waals surface area contributed by atoms with Gasteiger partial charge in [-0.3, -0.25) is 0 Å². The van der Waals surface area contributed by atoms with Gasteiger partial charge in [0.25, 0.3) is 0 Å². The van der Waals surface area contributed by atoms with Crippen LogP contribution in [0.1, 0.15) is 110 Å². The summed E-state index contributed by atoms with van der Waals surface area (Å²) in [5, 5.41) is 0. The van der Waals surface area contributed by atoms with Crippen molar-refractivity contribution >= 4 is 8.38 Å². The Morgan fingerprint density at radius 3 is 1.41 bits per heavy atom. The van der Waals surface area contributed by atoms with Crippen molar-refractivity contribution in [3.8, 4) is 0 Å². The summed E-state index contributed by atoms with van der Waals surface area (Å²) in [4.78, 5) is 9.50. The van der Waals surface area contributed by atoms with Crippen molar-refractivity contribution in [2.75, 3.05) is 12.8 Å². The zero-order valence-electron chi connectivity index (χ0n) is 15.3. The lowest BCUT2D eigenvalue weighted by molar-refractivity contribution is 0.298. The van der Waals surface area contributed by atoms with Gasteiger partial charge in [-0.15, -0.1) is 0 Å². The highest BCUT2D eigenvalue weighted by Gasteiger charge is 2.02. The minimum Gasteiger partial charge on any atom is -0.350 e. The van der Waals surface area contributed by atoms with Gasteiger partial charge in [0.15, 0.2) is 8.38 Å². The van der Waals surface area contributed by atoms with E-state index in [0.29, 0.717) is 0 Å². The molecule has 0 aromatic carbocycles. The van der Waals surface area contributed by atoms with E-state index in [1.54, 1.807) is 0 Å². The number of hydrogen-bond donors (Lipinski definition) is 1. The summed E-state index contributed by atoms with van der Waals surface area (Å²) in [5.41, 5.74) is 0. The maximum absolute atomic E-state index is 9.50. The Morgan fingerprint density at radius 2 is 1.00 bits per heavy atom. The number of unbranched alkanes of at least 4 members (excludes halogenated alkanes) is 13. The van der Waals surface area contributed by atoms with Crippen LogP contribution in [-0.2, 0) is 4.52 Å². The van der Waals surface area contributed by atoms with E-state index in [2.05, 4.69) is 13.8 Å². The van der Waals surface area contributed by atoms with E-state index in [-0.39, 0.29) is 0 Å². The molecule has 0 spiro atoms. The van der Waals surface area contributed by atoms with Crippen molar-refractivity contribution in [2.24, 2.45) is 0 Å². The summed E-state index contributed by atoms with van der Waals surface area (Å²) in [5.74, 6) is 0. The summed E-state index contributed by atoms with van der Waals surface area (Å²) >= 11 is 0. The lowest BCUT2D eigenvalue weighted by atomic mass is 10.0. The highest BCUT2D eigenvalue weighted by atomic mass is 31.2. The van der Waals surface area contributed by atoms with Crippen molar-refractivity contribution in [3.05, 3.63) is 0 Å². The smallest absolute Gasteiger partial charge is 0.167 e. The monoisotopic (exact) mass is 332 g/mol. The molecule has 0 saturated carbocycles. The fourth-order valence-corrected chi connectivity index (χ4v) is 3.57. The zero-order valence-corrected chi connectivity index (χ0v) is 16.2. The Kier molecular flexibility index (Phi) is 19.7. The Hall–Kier alpha value is 0.350. The van der Waals surface area contributed by atoms with Crippen LogP contribution in [-0.4, -0.2) is 17.7 Å². The van der Waals surface area contributed by atoms with E-state index in [4.69, 9.17) is 4.52 Å². The molecule has 22 heavy (non-hydrogen) atoms. The first-order chi connectivity index (χ1) is 10.8. The molecular weight excluding hydrogens is 291 g/mol. The van der Waals surface area contributed by atoms with E-state index in [9.17, 15) is 4.89 Å². The largest absolute Gasteiger partial charge is 0.350 e. The summed E-state index contributed by atoms with van der Waals surface area (Å²) < 4.78 is 5.41. The van der Waals surface area contributed by atoms with Crippen LogP contribution < -0.4 is 0 Å². The average molecular weight is 333 g/mol. The maximum Gasteiger partial charge on any atom is 0.167 e. The minimum absolute atomic E-state index is 0.750. The molecular formula is C19H41O2P. The van der Waals surface area contributed by atoms with Gasteiger partial charge >= 0.3 is 0 Å². The molecule has 134 valence electrons. The molecule has 0 radical (unpaired) electrons. The Morgan fingerprint density at radius 1 is 0.591 bits per heavy atom. The van der Waals surface area contributed by atoms with Crippen LogP contribution in [0, 0.1) is 0 Å². The van der Waals surface area contributed by atoms with Crippen molar-refractivity contribution in [1.29, 1.82) is 0 Å². The lowest BCUT2D eigenvalue weighted by Gasteiger charge is -2.09. The highest BCUT2D eigenvalue weighted by Crippen LogP contribution is 2.31. The third-order valence-corrected chi connectivity index (χ3v) is 5.46. The van der Waals surface area contributed by atoms with Crippen LogP contribution in [0.2, 0.25) is 0 Å². The fraction of sp³-hybridized carbons (Fsp3) is 1.00. The number of rotatable bonds is 18. The normalized spacial score (nSPS) is 12.7. The molecule has 0 aliphatic carbocycles. The second-order valence-corrected chi connectivity index (χ2v) is 7.91. The Labute approximate surface area is 141 Å². The van der Waals surface area contributed by atoms with Gasteiger partial charge in [-0.1, -0.05) is 97.3 Å². The van der Waals surface area contributed by atoms with Crippen molar-refractivity contribution in [2.45, 2.75) is 110 Å². The van der Waals surface area contributed by atoms with E-state index < -0.39 is 8.38 Å². The lowest BCUT2D eigenvalue weighted by Crippen LogP contribution is -1.92. The molecule has 0 amide bonds. The van der Waals surface area contributed by atoms with Gasteiger partial charge in [0.1, 0.15) is 0 Å². The third kappa shape index (κ3) is 18.4. The maximum atomic E-state index is 9.50. The van der Waals surface area contributed by atoms with Crippen LogP contribution in [0.3, 0.4) is 0 Å². The second-order valence-electron chi connectivity index (χ2n) is 6.51. The second kappa shape index (κ2) is 19.4. The SMILES string of the molecule is CCCCCCCCCCCCCCCCOP(O)CCC. The van der Waals surface area contributed by atoms with E-state index in [1.165, 1.54) is 83.5 Å². The zero-order chi connectivity index (χ0) is 16.3. The van der Waals surface area contributed by atoms with Gasteiger partial charge in [0, 0.05) is 6.16 Å². The van der Waals surface area contributed by atoms with Gasteiger partial charge in [-0.2, -0.15) is 0 Å². The van der Waals surface area contributed by atoms with Crippen molar-refractivity contribution in [3.63, 3.8) is 0 Å². The first-order valence-corrected chi connectivity index (χ1v) is 11.3. The molecule has 0 bridgehead atoms. The summed E-state index contributed by atoms with van der Waals surface area (Å²) in [7, 11) is -1.12. The first-order valence-electron chi connectivity index (χ1n) is 9.90. The van der Waals surface area contributed by atoms with E-state index >= 15 is 0 Å². The molecule has 0 aromatic heterocycles. The predicted molar refractivity (Wildman–Crippen MR) is 101 cm³/mol. The van der Waals surface area contributed by atoms with Crippen molar-refractivity contribution < 1.29 is 9.42 Å². The topological polar surface area (TPSA) is 29.5 Å². The van der Waals surface area contributed by atoms with Gasteiger partial charge in [-0.25, -0.2) is 0 Å². The van der Waals surface area contributed by atoms with E-state index in [1.807, 2.05) is 0 Å². The van der Waals surface area contributed by atoms with Gasteiger partial charge in [0.2, 0.25) is 0 Å². The molecule has 0 aromatic rings. The Balaban J connectivity index is 3.00. The quantitative estimate of drug-likeness (QED) is 0.212. The van der Waals surface area contributed by atoms with E-state index in [0.717, 1.165) is 25.6 Å². The first kappa shape index (κ1) is 22.4. The molecule has 1 atom stereocenters. The van der Waals surface area contributed by atoms with Crippen LogP contribution >= 0.6 is 8.38 Å². The van der Waals surface area contributed by atoms with Crippen molar-refractivity contribution in [1.82, 2.24) is 0 Å². The van der Waals surface area contributed by atoms with Crippen LogP contribution in [0.25, 0.3) is 0 Å². The third-order valence-electron chi connectivity index (χ3n) is 4.15. The molecule has 3 heteroatoms. The fourth-order valence-electron chi connectivity index (χ4n) is 2.72. The standard InChI is InChI=1S/C19H41O2P/c1-3-5-6-7-8-9-10-11-12-13-14-15-16-17-18-21-22(20)19-4-2/h20H,3-19H2,1-2H3. The molecule has 0 rings (SSSR count). The highest BCUT2D eigenvalue weighted by molar-refractivity contribution is 7.46. The minimum atomic E-state index is -1.12. The summed E-state index contributed by atoms with van der Waals surface area (Å²) in [6.07, 6.45) is 21.2. The number of hydrogen-bond acceptors (Lipinski definition) is 2. The van der Waals surface area contributed by atoms with Crippen LogP contribution in [0.15, 0.2) is 0 Å². The molecule has 1 unspecified atom stereocenters. The molecule has 0 aliphatic rings. The molecule has 0 aliphatic heterocycles. The summed E-state index contributed by atoms with van der Waals surface area (Å²) in [6.45, 7) is 5.12. The molecule has 0 heterocycles. The molecule has 0 saturated heterocycles. The van der Waals surface area contributed by atoms with Gasteiger partial charge in [-0.05, 0) is 12.8 Å². The van der Waals surface area contributed by atoms with Crippen LogP contribution in [0.4, 0.5) is 0 Å². The predicted octanol–water partition coefficient (Wildman–Crippen LogP) is 7.20.